The zero-order valence-corrected chi connectivity index (χ0v) is 18.5. The Morgan fingerprint density at radius 3 is 1.88 bits per heavy atom. The van der Waals surface area contributed by atoms with Gasteiger partial charge in [0.15, 0.2) is 0 Å². The van der Waals surface area contributed by atoms with Crippen molar-refractivity contribution in [1.82, 2.24) is 15.2 Å². The first-order valence-corrected chi connectivity index (χ1v) is 11.1. The first-order valence-electron chi connectivity index (χ1n) is 11.1. The number of hydrogen-bond donors (Lipinski definition) is 2. The van der Waals surface area contributed by atoms with Gasteiger partial charge in [0.05, 0.1) is 7.11 Å². The summed E-state index contributed by atoms with van der Waals surface area (Å²) in [7, 11) is 1.58. The van der Waals surface area contributed by atoms with Crippen molar-refractivity contribution in [3.05, 3.63) is 94.4 Å². The number of ether oxygens (including phenoxy) is 1. The van der Waals surface area contributed by atoms with E-state index in [4.69, 9.17) is 4.74 Å². The van der Waals surface area contributed by atoms with Gasteiger partial charge in [-0.15, -0.1) is 0 Å². The maximum absolute atomic E-state index is 12.9. The molecule has 2 atom stereocenters. The summed E-state index contributed by atoms with van der Waals surface area (Å²) in [6.07, 6.45) is 5.30. The van der Waals surface area contributed by atoms with E-state index in [9.17, 15) is 14.4 Å². The van der Waals surface area contributed by atoms with Crippen LogP contribution < -0.4 is 20.9 Å². The Labute approximate surface area is 192 Å². The number of amides is 2. The number of benzene rings is 2. The second kappa shape index (κ2) is 10.2. The average Bonchev–Trinajstić information content (AvgIpc) is 2.85. The molecule has 0 aliphatic heterocycles. The number of aromatic nitrogens is 1. The molecule has 2 unspecified atom stereocenters. The summed E-state index contributed by atoms with van der Waals surface area (Å²) in [6.45, 7) is 0. The molecule has 1 aliphatic carbocycles. The summed E-state index contributed by atoms with van der Waals surface area (Å²) in [5, 5.41) is 6.17. The van der Waals surface area contributed by atoms with E-state index in [0.29, 0.717) is 22.6 Å². The molecule has 0 radical (unpaired) electrons. The molecule has 0 saturated heterocycles. The predicted molar refractivity (Wildman–Crippen MR) is 126 cm³/mol. The molecular weight excluding hydrogens is 418 g/mol. The van der Waals surface area contributed by atoms with Gasteiger partial charge in [-0.05, 0) is 67.4 Å². The van der Waals surface area contributed by atoms with Crippen molar-refractivity contribution in [3.63, 3.8) is 0 Å². The highest BCUT2D eigenvalue weighted by molar-refractivity contribution is 5.95. The number of carbonyl (C=O) groups excluding carboxylic acids is 2. The van der Waals surface area contributed by atoms with Crippen molar-refractivity contribution in [2.45, 2.75) is 37.8 Å². The highest BCUT2D eigenvalue weighted by Crippen LogP contribution is 2.20. The van der Waals surface area contributed by atoms with Crippen LogP contribution in [-0.2, 0) is 0 Å². The molecule has 33 heavy (non-hydrogen) atoms. The normalized spacial score (nSPS) is 17.7. The minimum atomic E-state index is -0.197. The Bertz CT molecular complexity index is 1170. The van der Waals surface area contributed by atoms with Crippen LogP contribution in [-0.4, -0.2) is 35.6 Å². The number of hydrogen-bond acceptors (Lipinski definition) is 4. The van der Waals surface area contributed by atoms with E-state index in [1.54, 1.807) is 74.0 Å². The van der Waals surface area contributed by atoms with Crippen LogP contribution in [0.25, 0.3) is 5.69 Å². The fraction of sp³-hybridized carbons (Fsp3) is 0.269. The molecule has 2 N–H and O–H groups in total. The SMILES string of the molecule is COc1ccc(C(=O)NC2CCCCC2NC(=O)c2ccc(-n3ccccc3=O)cc2)cc1. The Hall–Kier alpha value is -3.87. The summed E-state index contributed by atoms with van der Waals surface area (Å²) < 4.78 is 6.67. The van der Waals surface area contributed by atoms with Crippen LogP contribution in [0.4, 0.5) is 0 Å². The van der Waals surface area contributed by atoms with E-state index in [1.807, 2.05) is 0 Å². The van der Waals surface area contributed by atoms with Gasteiger partial charge in [-0.2, -0.15) is 0 Å². The van der Waals surface area contributed by atoms with E-state index in [0.717, 1.165) is 25.7 Å². The third kappa shape index (κ3) is 5.31. The Morgan fingerprint density at radius 1 is 0.818 bits per heavy atom. The first kappa shape index (κ1) is 22.3. The number of nitrogens with zero attached hydrogens (tertiary/aromatic N) is 1. The topological polar surface area (TPSA) is 89.4 Å². The van der Waals surface area contributed by atoms with E-state index in [-0.39, 0.29) is 29.5 Å². The van der Waals surface area contributed by atoms with E-state index >= 15 is 0 Å². The first-order chi connectivity index (χ1) is 16.0. The van der Waals surface area contributed by atoms with Gasteiger partial charge >= 0.3 is 0 Å². The van der Waals surface area contributed by atoms with Crippen molar-refractivity contribution in [2.24, 2.45) is 0 Å². The monoisotopic (exact) mass is 445 g/mol. The molecule has 1 heterocycles. The second-order valence-corrected chi connectivity index (χ2v) is 8.13. The molecule has 1 aromatic heterocycles. The largest absolute Gasteiger partial charge is 0.497 e. The molecule has 1 saturated carbocycles. The van der Waals surface area contributed by atoms with Crippen molar-refractivity contribution in [1.29, 1.82) is 0 Å². The van der Waals surface area contributed by atoms with Crippen LogP contribution in [0.1, 0.15) is 46.4 Å². The molecule has 2 amide bonds. The number of nitrogens with one attached hydrogen (secondary N) is 2. The maximum atomic E-state index is 12.9. The predicted octanol–water partition coefficient (Wildman–Crippen LogP) is 3.32. The molecule has 1 aliphatic rings. The molecule has 4 rings (SSSR count). The van der Waals surface area contributed by atoms with Crippen LogP contribution in [0.15, 0.2) is 77.7 Å². The quantitative estimate of drug-likeness (QED) is 0.609. The van der Waals surface area contributed by atoms with Crippen molar-refractivity contribution >= 4 is 11.8 Å². The van der Waals surface area contributed by atoms with Gasteiger partial charge in [0, 0.05) is 41.2 Å². The van der Waals surface area contributed by atoms with Gasteiger partial charge in [-0.25, -0.2) is 0 Å². The smallest absolute Gasteiger partial charge is 0.255 e. The minimum absolute atomic E-state index is 0.132. The van der Waals surface area contributed by atoms with Crippen LogP contribution in [0.2, 0.25) is 0 Å². The van der Waals surface area contributed by atoms with Crippen LogP contribution >= 0.6 is 0 Å². The highest BCUT2D eigenvalue weighted by atomic mass is 16.5. The molecular formula is C26H27N3O4. The fourth-order valence-corrected chi connectivity index (χ4v) is 4.14. The molecule has 7 heteroatoms. The summed E-state index contributed by atoms with van der Waals surface area (Å²) in [4.78, 5) is 37.6. The van der Waals surface area contributed by atoms with Gasteiger partial charge in [-0.1, -0.05) is 18.9 Å². The van der Waals surface area contributed by atoms with E-state index < -0.39 is 0 Å². The van der Waals surface area contributed by atoms with Crippen LogP contribution in [0, 0.1) is 0 Å². The van der Waals surface area contributed by atoms with Gasteiger partial charge in [0.1, 0.15) is 5.75 Å². The van der Waals surface area contributed by atoms with E-state index in [1.165, 1.54) is 10.6 Å². The lowest BCUT2D eigenvalue weighted by Gasteiger charge is -2.33. The standard InChI is InChI=1S/C26H27N3O4/c1-33-21-15-11-19(12-16-21)26(32)28-23-7-3-2-6-22(23)27-25(31)18-9-13-20(14-10-18)29-17-5-4-8-24(29)30/h4-5,8-17,22-23H,2-3,6-7H2,1H3,(H,27,31)(H,28,32). The minimum Gasteiger partial charge on any atom is -0.497 e. The van der Waals surface area contributed by atoms with Crippen LogP contribution in [0.5, 0.6) is 5.75 Å². The van der Waals surface area contributed by atoms with Gasteiger partial charge in [0.2, 0.25) is 0 Å². The Kier molecular flexibility index (Phi) is 6.88. The lowest BCUT2D eigenvalue weighted by molar-refractivity contribution is 0.0863. The second-order valence-electron chi connectivity index (χ2n) is 8.13. The summed E-state index contributed by atoms with van der Waals surface area (Å²) in [5.41, 5.74) is 1.62. The number of pyridine rings is 1. The van der Waals surface area contributed by atoms with E-state index in [2.05, 4.69) is 10.6 Å². The maximum Gasteiger partial charge on any atom is 0.255 e. The third-order valence-electron chi connectivity index (χ3n) is 5.98. The van der Waals surface area contributed by atoms with Crippen molar-refractivity contribution in [2.75, 3.05) is 7.11 Å². The summed E-state index contributed by atoms with van der Waals surface area (Å²) >= 11 is 0. The molecule has 1 fully saturated rings. The Balaban J connectivity index is 1.41. The third-order valence-corrected chi connectivity index (χ3v) is 5.98. The molecule has 7 nitrogen and oxygen atoms in total. The lowest BCUT2D eigenvalue weighted by Crippen LogP contribution is -2.53. The fourth-order valence-electron chi connectivity index (χ4n) is 4.14. The number of carbonyl (C=O) groups is 2. The van der Waals surface area contributed by atoms with Crippen molar-refractivity contribution in [3.8, 4) is 11.4 Å². The average molecular weight is 446 g/mol. The van der Waals surface area contributed by atoms with Gasteiger partial charge in [0.25, 0.3) is 17.4 Å². The van der Waals surface area contributed by atoms with Gasteiger partial charge < -0.3 is 15.4 Å². The zero-order chi connectivity index (χ0) is 23.2. The Morgan fingerprint density at radius 2 is 1.36 bits per heavy atom. The molecule has 0 bridgehead atoms. The molecule has 0 spiro atoms. The molecule has 170 valence electrons. The van der Waals surface area contributed by atoms with Gasteiger partial charge in [-0.3, -0.25) is 19.0 Å². The molecule has 2 aromatic carbocycles. The number of rotatable bonds is 6. The van der Waals surface area contributed by atoms with Crippen LogP contribution in [0.3, 0.4) is 0 Å². The molecule has 3 aromatic rings. The zero-order valence-electron chi connectivity index (χ0n) is 18.5. The lowest BCUT2D eigenvalue weighted by atomic mass is 9.89. The summed E-state index contributed by atoms with van der Waals surface area (Å²) in [6, 6.07) is 18.5. The number of methoxy groups -OCH3 is 1. The highest BCUT2D eigenvalue weighted by Gasteiger charge is 2.28. The van der Waals surface area contributed by atoms with Crippen molar-refractivity contribution < 1.29 is 14.3 Å². The summed E-state index contributed by atoms with van der Waals surface area (Å²) in [5.74, 6) is 0.330.